The third-order valence-corrected chi connectivity index (χ3v) is 2.33. The first-order valence-electron chi connectivity index (χ1n) is 4.54. The molecule has 0 fully saturated rings. The Hall–Kier alpha value is -1.18. The van der Waals surface area contributed by atoms with Gasteiger partial charge in [-0.3, -0.25) is 9.59 Å². The van der Waals surface area contributed by atoms with Gasteiger partial charge in [0.1, 0.15) is 0 Å². The van der Waals surface area contributed by atoms with Crippen molar-refractivity contribution >= 4 is 11.6 Å². The van der Waals surface area contributed by atoms with Crippen molar-refractivity contribution in [2.45, 2.75) is 33.1 Å². The van der Waals surface area contributed by atoms with Crippen molar-refractivity contribution in [2.75, 3.05) is 0 Å². The monoisotopic (exact) mass is 178 g/mol. The average Bonchev–Trinajstić information content (AvgIpc) is 2.32. The van der Waals surface area contributed by atoms with Crippen molar-refractivity contribution in [1.82, 2.24) is 0 Å². The molecule has 0 aliphatic heterocycles. The molecule has 0 saturated heterocycles. The molecule has 2 heteroatoms. The molecule has 0 spiro atoms. The zero-order valence-electron chi connectivity index (χ0n) is 8.09. The standard InChI is InChI=1S/C11H14O2/c1-3-4-5-6-9-8(2)10(12)7-11(9)13/h3-4H,5-7H2,1-2H3/b4-3+. The van der Waals surface area contributed by atoms with Crippen molar-refractivity contribution in [3.63, 3.8) is 0 Å². The number of Topliss-reactive ketones (excluding diaryl/α,β-unsaturated/α-hetero) is 2. The molecule has 0 aromatic heterocycles. The van der Waals surface area contributed by atoms with E-state index in [0.717, 1.165) is 12.0 Å². The summed E-state index contributed by atoms with van der Waals surface area (Å²) >= 11 is 0. The average molecular weight is 178 g/mol. The summed E-state index contributed by atoms with van der Waals surface area (Å²) in [7, 11) is 0. The van der Waals surface area contributed by atoms with E-state index in [9.17, 15) is 9.59 Å². The molecular weight excluding hydrogens is 164 g/mol. The molecule has 1 rings (SSSR count). The lowest BCUT2D eigenvalue weighted by molar-refractivity contribution is -0.121. The third kappa shape index (κ3) is 2.14. The van der Waals surface area contributed by atoms with Gasteiger partial charge in [-0.15, -0.1) is 0 Å². The van der Waals surface area contributed by atoms with Gasteiger partial charge in [0.05, 0.1) is 6.42 Å². The topological polar surface area (TPSA) is 34.1 Å². The summed E-state index contributed by atoms with van der Waals surface area (Å²) in [6.07, 6.45) is 5.62. The first-order chi connectivity index (χ1) is 6.16. The molecule has 0 amide bonds. The maximum absolute atomic E-state index is 11.3. The molecular formula is C11H14O2. The molecule has 0 bridgehead atoms. The maximum atomic E-state index is 11.3. The van der Waals surface area contributed by atoms with Crippen molar-refractivity contribution in [3.05, 3.63) is 23.3 Å². The Labute approximate surface area is 78.3 Å². The summed E-state index contributed by atoms with van der Waals surface area (Å²) in [5.41, 5.74) is 1.41. The third-order valence-electron chi connectivity index (χ3n) is 2.33. The van der Waals surface area contributed by atoms with Gasteiger partial charge >= 0.3 is 0 Å². The van der Waals surface area contributed by atoms with Gasteiger partial charge in [0.25, 0.3) is 0 Å². The zero-order valence-corrected chi connectivity index (χ0v) is 8.09. The number of carbonyl (C=O) groups is 2. The minimum atomic E-state index is 0.000443. The van der Waals surface area contributed by atoms with E-state index in [1.54, 1.807) is 6.92 Å². The molecule has 0 aromatic rings. The highest BCUT2D eigenvalue weighted by atomic mass is 16.2. The van der Waals surface area contributed by atoms with Gasteiger partial charge in [-0.1, -0.05) is 12.2 Å². The second-order valence-electron chi connectivity index (χ2n) is 3.23. The van der Waals surface area contributed by atoms with Crippen LogP contribution in [0.15, 0.2) is 23.3 Å². The van der Waals surface area contributed by atoms with Crippen LogP contribution in [0, 0.1) is 0 Å². The molecule has 0 aromatic carbocycles. The lowest BCUT2D eigenvalue weighted by Crippen LogP contribution is -1.96. The summed E-state index contributed by atoms with van der Waals surface area (Å²) in [5.74, 6) is 0.0208. The van der Waals surface area contributed by atoms with Crippen molar-refractivity contribution in [2.24, 2.45) is 0 Å². The molecule has 0 saturated carbocycles. The van der Waals surface area contributed by atoms with E-state index in [1.165, 1.54) is 0 Å². The first kappa shape index (κ1) is 9.90. The molecule has 70 valence electrons. The fraction of sp³-hybridized carbons (Fsp3) is 0.455. The van der Waals surface area contributed by atoms with E-state index in [0.29, 0.717) is 12.0 Å². The van der Waals surface area contributed by atoms with Crippen LogP contribution in [0.2, 0.25) is 0 Å². The Balaban J connectivity index is 2.67. The Morgan fingerprint density at radius 3 is 2.46 bits per heavy atom. The van der Waals surface area contributed by atoms with Crippen LogP contribution in [-0.2, 0) is 9.59 Å². The quantitative estimate of drug-likeness (QED) is 0.490. The van der Waals surface area contributed by atoms with E-state index in [4.69, 9.17) is 0 Å². The molecule has 0 unspecified atom stereocenters. The van der Waals surface area contributed by atoms with Crippen LogP contribution in [-0.4, -0.2) is 11.6 Å². The van der Waals surface area contributed by atoms with Gasteiger partial charge in [0.15, 0.2) is 11.6 Å². The zero-order chi connectivity index (χ0) is 9.84. The minimum Gasteiger partial charge on any atom is -0.294 e. The summed E-state index contributed by atoms with van der Waals surface area (Å²) in [6.45, 7) is 3.70. The number of ketones is 2. The Morgan fingerprint density at radius 2 is 2.00 bits per heavy atom. The smallest absolute Gasteiger partial charge is 0.166 e. The highest BCUT2D eigenvalue weighted by molar-refractivity contribution is 6.21. The molecule has 1 aliphatic carbocycles. The predicted molar refractivity (Wildman–Crippen MR) is 51.4 cm³/mol. The van der Waals surface area contributed by atoms with Crippen LogP contribution in [0.1, 0.15) is 33.1 Å². The van der Waals surface area contributed by atoms with Gasteiger partial charge in [-0.2, -0.15) is 0 Å². The van der Waals surface area contributed by atoms with E-state index in [1.807, 2.05) is 19.1 Å². The van der Waals surface area contributed by atoms with Crippen LogP contribution < -0.4 is 0 Å². The van der Waals surface area contributed by atoms with Crippen molar-refractivity contribution in [3.8, 4) is 0 Å². The highest BCUT2D eigenvalue weighted by Crippen LogP contribution is 2.23. The van der Waals surface area contributed by atoms with E-state index >= 15 is 0 Å². The van der Waals surface area contributed by atoms with Gasteiger partial charge in [0.2, 0.25) is 0 Å². The molecule has 13 heavy (non-hydrogen) atoms. The summed E-state index contributed by atoms with van der Waals surface area (Å²) < 4.78 is 0. The van der Waals surface area contributed by atoms with Gasteiger partial charge in [-0.25, -0.2) is 0 Å². The van der Waals surface area contributed by atoms with E-state index in [2.05, 4.69) is 0 Å². The molecule has 1 aliphatic rings. The van der Waals surface area contributed by atoms with Crippen LogP contribution in [0.4, 0.5) is 0 Å². The lowest BCUT2D eigenvalue weighted by Gasteiger charge is -1.97. The molecule has 0 atom stereocenters. The van der Waals surface area contributed by atoms with Gasteiger partial charge in [-0.05, 0) is 32.3 Å². The van der Waals surface area contributed by atoms with Crippen LogP contribution in [0.5, 0.6) is 0 Å². The fourth-order valence-corrected chi connectivity index (χ4v) is 1.48. The van der Waals surface area contributed by atoms with E-state index in [-0.39, 0.29) is 18.0 Å². The number of hydrogen-bond acceptors (Lipinski definition) is 2. The van der Waals surface area contributed by atoms with Gasteiger partial charge < -0.3 is 0 Å². The number of rotatable bonds is 3. The van der Waals surface area contributed by atoms with Crippen molar-refractivity contribution in [1.29, 1.82) is 0 Å². The highest BCUT2D eigenvalue weighted by Gasteiger charge is 2.26. The second-order valence-corrected chi connectivity index (χ2v) is 3.23. The molecule has 0 radical (unpaired) electrons. The molecule has 2 nitrogen and oxygen atoms in total. The fourth-order valence-electron chi connectivity index (χ4n) is 1.48. The summed E-state index contributed by atoms with van der Waals surface area (Å²) in [4.78, 5) is 22.4. The largest absolute Gasteiger partial charge is 0.294 e. The number of hydrogen-bond donors (Lipinski definition) is 0. The summed E-state index contributed by atoms with van der Waals surface area (Å²) in [5, 5.41) is 0. The number of carbonyl (C=O) groups excluding carboxylic acids is 2. The SMILES string of the molecule is C/C=C/CCC1=C(C)C(=O)CC1=O. The first-order valence-corrected chi connectivity index (χ1v) is 4.54. The van der Waals surface area contributed by atoms with Crippen LogP contribution >= 0.6 is 0 Å². The normalized spacial score (nSPS) is 18.0. The van der Waals surface area contributed by atoms with Crippen LogP contribution in [0.3, 0.4) is 0 Å². The Bertz CT molecular complexity index is 295. The molecule has 0 heterocycles. The summed E-state index contributed by atoms with van der Waals surface area (Å²) in [6, 6.07) is 0. The minimum absolute atomic E-state index is 0.000443. The Kier molecular flexibility index (Phi) is 3.18. The lowest BCUT2D eigenvalue weighted by atomic mass is 10.1. The predicted octanol–water partition coefficient (Wildman–Crippen LogP) is 2.20. The van der Waals surface area contributed by atoms with Gasteiger partial charge in [0, 0.05) is 5.57 Å². The van der Waals surface area contributed by atoms with E-state index < -0.39 is 0 Å². The molecule has 0 N–H and O–H groups in total. The van der Waals surface area contributed by atoms with Crippen molar-refractivity contribution < 1.29 is 9.59 Å². The Morgan fingerprint density at radius 1 is 1.31 bits per heavy atom. The second kappa shape index (κ2) is 4.17. The van der Waals surface area contributed by atoms with Crippen LogP contribution in [0.25, 0.3) is 0 Å². The maximum Gasteiger partial charge on any atom is 0.166 e. The number of allylic oxidation sites excluding steroid dienone is 4.